The van der Waals surface area contributed by atoms with Gasteiger partial charge in [-0.3, -0.25) is 0 Å². The van der Waals surface area contributed by atoms with Gasteiger partial charge in [0.1, 0.15) is 5.75 Å². The number of rotatable bonds is 2. The first-order chi connectivity index (χ1) is 10.3. The molecule has 1 aromatic carbocycles. The van der Waals surface area contributed by atoms with E-state index in [1.54, 1.807) is 23.1 Å². The van der Waals surface area contributed by atoms with Crippen molar-refractivity contribution in [3.63, 3.8) is 0 Å². The minimum atomic E-state index is 0.169. The Kier molecular flexibility index (Phi) is 2.56. The molecule has 2 aromatic heterocycles. The van der Waals surface area contributed by atoms with Crippen molar-refractivity contribution < 1.29 is 4.74 Å². The Balaban J connectivity index is 1.81. The molecule has 104 valence electrons. The Labute approximate surface area is 120 Å². The number of nitrogens with two attached hydrogens (primary N) is 1. The molecular formula is C14H12N6O. The lowest BCUT2D eigenvalue weighted by atomic mass is 10.1. The molecule has 0 amide bonds. The number of benzene rings is 1. The van der Waals surface area contributed by atoms with Gasteiger partial charge < -0.3 is 10.5 Å². The maximum atomic E-state index is 5.79. The molecule has 0 saturated carbocycles. The van der Waals surface area contributed by atoms with Crippen LogP contribution in [0.25, 0.3) is 17.3 Å². The predicted octanol–water partition coefficient (Wildman–Crippen LogP) is 1.24. The van der Waals surface area contributed by atoms with Gasteiger partial charge in [0.25, 0.3) is 5.95 Å². The lowest BCUT2D eigenvalue weighted by Crippen LogP contribution is -2.08. The second-order valence-electron chi connectivity index (χ2n) is 4.69. The van der Waals surface area contributed by atoms with E-state index in [1.165, 1.54) is 0 Å². The normalized spacial score (nSPS) is 13.0. The molecule has 7 nitrogen and oxygen atoms in total. The monoisotopic (exact) mass is 280 g/mol. The van der Waals surface area contributed by atoms with E-state index in [0.29, 0.717) is 11.8 Å². The third-order valence-corrected chi connectivity index (χ3v) is 3.30. The molecule has 0 fully saturated rings. The summed E-state index contributed by atoms with van der Waals surface area (Å²) in [4.78, 5) is 12.7. The van der Waals surface area contributed by atoms with E-state index < -0.39 is 0 Å². The molecule has 0 radical (unpaired) electrons. The molecule has 7 heteroatoms. The van der Waals surface area contributed by atoms with Gasteiger partial charge in [-0.25, -0.2) is 4.68 Å². The summed E-state index contributed by atoms with van der Waals surface area (Å²) >= 11 is 0. The topological polar surface area (TPSA) is 91.7 Å². The summed E-state index contributed by atoms with van der Waals surface area (Å²) in [7, 11) is 0. The zero-order valence-corrected chi connectivity index (χ0v) is 11.1. The Morgan fingerprint density at radius 2 is 2.14 bits per heavy atom. The molecule has 0 aliphatic carbocycles. The Bertz CT molecular complexity index is 799. The number of ether oxygens (including phenoxy) is 1. The van der Waals surface area contributed by atoms with Crippen LogP contribution < -0.4 is 10.5 Å². The van der Waals surface area contributed by atoms with Crippen LogP contribution in [0.1, 0.15) is 5.56 Å². The van der Waals surface area contributed by atoms with Crippen LogP contribution in [-0.2, 0) is 6.42 Å². The van der Waals surface area contributed by atoms with Crippen molar-refractivity contribution in [3.8, 4) is 23.1 Å². The van der Waals surface area contributed by atoms with Crippen LogP contribution in [-0.4, -0.2) is 31.3 Å². The molecule has 0 atom stereocenters. The van der Waals surface area contributed by atoms with Crippen molar-refractivity contribution in [1.82, 2.24) is 24.7 Å². The molecule has 21 heavy (non-hydrogen) atoms. The number of fused-ring (bicyclic) bond motifs is 1. The molecule has 0 bridgehead atoms. The highest BCUT2D eigenvalue weighted by Crippen LogP contribution is 2.29. The fourth-order valence-electron chi connectivity index (χ4n) is 2.33. The van der Waals surface area contributed by atoms with Gasteiger partial charge in [0, 0.05) is 24.4 Å². The second kappa shape index (κ2) is 4.55. The van der Waals surface area contributed by atoms with E-state index in [2.05, 4.69) is 20.1 Å². The van der Waals surface area contributed by atoms with Gasteiger partial charge in [0.2, 0.25) is 5.95 Å². The van der Waals surface area contributed by atoms with Crippen LogP contribution in [0, 0.1) is 0 Å². The van der Waals surface area contributed by atoms with E-state index in [1.807, 2.05) is 18.2 Å². The van der Waals surface area contributed by atoms with Crippen LogP contribution >= 0.6 is 0 Å². The lowest BCUT2D eigenvalue weighted by Gasteiger charge is -2.06. The summed E-state index contributed by atoms with van der Waals surface area (Å²) in [6.45, 7) is 0.719. The van der Waals surface area contributed by atoms with E-state index >= 15 is 0 Å². The minimum absolute atomic E-state index is 0.169. The van der Waals surface area contributed by atoms with Crippen molar-refractivity contribution in [1.29, 1.82) is 0 Å². The number of hydrogen-bond donors (Lipinski definition) is 1. The lowest BCUT2D eigenvalue weighted by molar-refractivity contribution is 0.357. The maximum absolute atomic E-state index is 5.79. The van der Waals surface area contributed by atoms with Crippen molar-refractivity contribution in [2.45, 2.75) is 6.42 Å². The van der Waals surface area contributed by atoms with Gasteiger partial charge in [-0.15, -0.1) is 0 Å². The first-order valence-corrected chi connectivity index (χ1v) is 6.57. The third-order valence-electron chi connectivity index (χ3n) is 3.30. The van der Waals surface area contributed by atoms with Crippen LogP contribution in [0.2, 0.25) is 0 Å². The summed E-state index contributed by atoms with van der Waals surface area (Å²) in [6, 6.07) is 7.69. The van der Waals surface area contributed by atoms with Crippen LogP contribution in [0.15, 0.2) is 36.7 Å². The number of aromatic nitrogens is 5. The number of nitrogens with zero attached hydrogens (tertiary/aromatic N) is 5. The van der Waals surface area contributed by atoms with Gasteiger partial charge in [-0.05, 0) is 29.8 Å². The van der Waals surface area contributed by atoms with Crippen LogP contribution in [0.4, 0.5) is 5.95 Å². The van der Waals surface area contributed by atoms with Crippen LogP contribution in [0.3, 0.4) is 0 Å². The van der Waals surface area contributed by atoms with Crippen molar-refractivity contribution in [2.75, 3.05) is 12.3 Å². The SMILES string of the molecule is Nc1nc(-c2ccc3c(c2)CCO3)nc(-n2cccn2)n1. The van der Waals surface area contributed by atoms with E-state index in [0.717, 1.165) is 29.9 Å². The van der Waals surface area contributed by atoms with Gasteiger partial charge >= 0.3 is 0 Å². The Hall–Kier alpha value is -2.96. The molecule has 0 saturated heterocycles. The quantitative estimate of drug-likeness (QED) is 0.759. The summed E-state index contributed by atoms with van der Waals surface area (Å²) < 4.78 is 7.06. The molecule has 0 unspecified atom stereocenters. The molecule has 2 N–H and O–H groups in total. The second-order valence-corrected chi connectivity index (χ2v) is 4.69. The van der Waals surface area contributed by atoms with Gasteiger partial charge in [-0.2, -0.15) is 20.1 Å². The molecule has 1 aliphatic heterocycles. The largest absolute Gasteiger partial charge is 0.493 e. The number of nitrogen functional groups attached to an aromatic ring is 1. The Morgan fingerprint density at radius 1 is 1.19 bits per heavy atom. The first kappa shape index (κ1) is 11.8. The van der Waals surface area contributed by atoms with E-state index in [9.17, 15) is 0 Å². The molecular weight excluding hydrogens is 268 g/mol. The van der Waals surface area contributed by atoms with E-state index in [-0.39, 0.29) is 5.95 Å². The van der Waals surface area contributed by atoms with Gasteiger partial charge in [-0.1, -0.05) is 0 Å². The zero-order valence-electron chi connectivity index (χ0n) is 11.1. The maximum Gasteiger partial charge on any atom is 0.255 e. The number of hydrogen-bond acceptors (Lipinski definition) is 6. The summed E-state index contributed by atoms with van der Waals surface area (Å²) in [5, 5.41) is 4.11. The highest BCUT2D eigenvalue weighted by atomic mass is 16.5. The summed E-state index contributed by atoms with van der Waals surface area (Å²) in [5.74, 6) is 2.03. The molecule has 3 aromatic rings. The standard InChI is InChI=1S/C14H12N6O/c15-13-17-12(18-14(19-13)20-6-1-5-16-20)10-2-3-11-9(8-10)4-7-21-11/h1-3,5-6,8H,4,7H2,(H2,15,17,18,19). The molecule has 0 spiro atoms. The Morgan fingerprint density at radius 3 is 3.00 bits per heavy atom. The van der Waals surface area contributed by atoms with Gasteiger partial charge in [0.05, 0.1) is 6.61 Å². The highest BCUT2D eigenvalue weighted by molar-refractivity contribution is 5.60. The van der Waals surface area contributed by atoms with Crippen molar-refractivity contribution >= 4 is 5.95 Å². The fraction of sp³-hybridized carbons (Fsp3) is 0.143. The van der Waals surface area contributed by atoms with E-state index in [4.69, 9.17) is 10.5 Å². The number of anilines is 1. The smallest absolute Gasteiger partial charge is 0.255 e. The van der Waals surface area contributed by atoms with Crippen molar-refractivity contribution in [2.24, 2.45) is 0 Å². The molecule has 1 aliphatic rings. The first-order valence-electron chi connectivity index (χ1n) is 6.57. The highest BCUT2D eigenvalue weighted by Gasteiger charge is 2.15. The predicted molar refractivity (Wildman–Crippen MR) is 76.0 cm³/mol. The van der Waals surface area contributed by atoms with Crippen LogP contribution in [0.5, 0.6) is 5.75 Å². The van der Waals surface area contributed by atoms with Crippen molar-refractivity contribution in [3.05, 3.63) is 42.2 Å². The molecule has 3 heterocycles. The average Bonchev–Trinajstić information content (AvgIpc) is 3.17. The summed E-state index contributed by atoms with van der Waals surface area (Å²) in [6.07, 6.45) is 4.32. The third kappa shape index (κ3) is 2.08. The summed E-state index contributed by atoms with van der Waals surface area (Å²) in [5.41, 5.74) is 7.84. The van der Waals surface area contributed by atoms with Gasteiger partial charge in [0.15, 0.2) is 5.82 Å². The molecule has 4 rings (SSSR count). The minimum Gasteiger partial charge on any atom is -0.493 e. The fourth-order valence-corrected chi connectivity index (χ4v) is 2.33. The average molecular weight is 280 g/mol. The zero-order chi connectivity index (χ0) is 14.2.